The van der Waals surface area contributed by atoms with E-state index >= 15 is 0 Å². The van der Waals surface area contributed by atoms with E-state index < -0.39 is 0 Å². The van der Waals surface area contributed by atoms with Crippen molar-refractivity contribution in [2.24, 2.45) is 0 Å². The molecule has 0 radical (unpaired) electrons. The zero-order chi connectivity index (χ0) is 21.3. The van der Waals surface area contributed by atoms with Gasteiger partial charge in [-0.1, -0.05) is 40.9 Å². The van der Waals surface area contributed by atoms with Gasteiger partial charge in [-0.2, -0.15) is 0 Å². The second-order valence-corrected chi connectivity index (χ2v) is 8.18. The predicted molar refractivity (Wildman–Crippen MR) is 122 cm³/mol. The zero-order valence-corrected chi connectivity index (χ0v) is 19.3. The summed E-state index contributed by atoms with van der Waals surface area (Å²) in [6.45, 7) is 8.83. The molecular weight excluding hydrogens is 447 g/mol. The van der Waals surface area contributed by atoms with Crippen LogP contribution in [0.5, 0.6) is 11.5 Å². The van der Waals surface area contributed by atoms with Gasteiger partial charge < -0.3 is 19.5 Å². The van der Waals surface area contributed by atoms with Crippen LogP contribution >= 0.6 is 34.8 Å². The van der Waals surface area contributed by atoms with Crippen LogP contribution in [0.2, 0.25) is 15.1 Å². The van der Waals surface area contributed by atoms with Crippen molar-refractivity contribution in [2.45, 2.75) is 20.1 Å². The maximum absolute atomic E-state index is 6.53. The molecule has 1 fully saturated rings. The molecule has 164 valence electrons. The van der Waals surface area contributed by atoms with Crippen molar-refractivity contribution in [2.75, 3.05) is 46.0 Å². The van der Waals surface area contributed by atoms with E-state index in [1.807, 2.05) is 19.1 Å². The third-order valence-corrected chi connectivity index (χ3v) is 5.82. The van der Waals surface area contributed by atoms with Crippen LogP contribution in [0.15, 0.2) is 30.3 Å². The minimum absolute atomic E-state index is 0.204. The Morgan fingerprint density at radius 3 is 2.47 bits per heavy atom. The summed E-state index contributed by atoms with van der Waals surface area (Å²) >= 11 is 19.0. The van der Waals surface area contributed by atoms with Crippen molar-refractivity contribution >= 4 is 34.8 Å². The number of ether oxygens (including phenoxy) is 3. The Morgan fingerprint density at radius 1 is 1.03 bits per heavy atom. The Balaban J connectivity index is 1.61. The number of morpholine rings is 1. The quantitative estimate of drug-likeness (QED) is 0.489. The molecule has 0 bridgehead atoms. The number of benzene rings is 2. The van der Waals surface area contributed by atoms with E-state index in [0.717, 1.165) is 45.0 Å². The fourth-order valence-electron chi connectivity index (χ4n) is 3.24. The first kappa shape index (κ1) is 23.5. The van der Waals surface area contributed by atoms with Crippen molar-refractivity contribution in [3.8, 4) is 11.5 Å². The number of hydrogen-bond acceptors (Lipinski definition) is 5. The van der Waals surface area contributed by atoms with Gasteiger partial charge in [0, 0.05) is 48.3 Å². The molecule has 1 saturated heterocycles. The van der Waals surface area contributed by atoms with Crippen LogP contribution in [0.1, 0.15) is 18.1 Å². The van der Waals surface area contributed by atoms with Crippen LogP contribution < -0.4 is 14.8 Å². The SMILES string of the molecule is CCOc1cc(CNCCN2CCOCC2)cc(Cl)c1OCc1c(Cl)cccc1Cl. The minimum atomic E-state index is 0.204. The lowest BCUT2D eigenvalue weighted by atomic mass is 10.2. The molecule has 0 aliphatic carbocycles. The highest BCUT2D eigenvalue weighted by Gasteiger charge is 2.15. The lowest BCUT2D eigenvalue weighted by molar-refractivity contribution is 0.0384. The summed E-state index contributed by atoms with van der Waals surface area (Å²) in [6.07, 6.45) is 0. The molecule has 2 aromatic carbocycles. The van der Waals surface area contributed by atoms with E-state index in [9.17, 15) is 0 Å². The molecule has 2 aromatic rings. The number of nitrogens with one attached hydrogen (secondary N) is 1. The van der Waals surface area contributed by atoms with E-state index in [1.54, 1.807) is 18.2 Å². The maximum atomic E-state index is 6.53. The van der Waals surface area contributed by atoms with Crippen LogP contribution in [0.25, 0.3) is 0 Å². The monoisotopic (exact) mass is 472 g/mol. The highest BCUT2D eigenvalue weighted by Crippen LogP contribution is 2.38. The van der Waals surface area contributed by atoms with Gasteiger partial charge in [-0.25, -0.2) is 0 Å². The molecule has 0 amide bonds. The molecule has 0 aromatic heterocycles. The Labute approximate surface area is 193 Å². The fourth-order valence-corrected chi connectivity index (χ4v) is 4.03. The topological polar surface area (TPSA) is 43.0 Å². The third kappa shape index (κ3) is 6.64. The van der Waals surface area contributed by atoms with Crippen molar-refractivity contribution in [3.63, 3.8) is 0 Å². The number of rotatable bonds is 10. The van der Waals surface area contributed by atoms with Crippen LogP contribution in [0, 0.1) is 0 Å². The normalized spacial score (nSPS) is 14.7. The molecule has 0 unspecified atom stereocenters. The Hall–Kier alpha value is -1.21. The highest BCUT2D eigenvalue weighted by molar-refractivity contribution is 6.36. The molecule has 30 heavy (non-hydrogen) atoms. The van der Waals surface area contributed by atoms with Crippen molar-refractivity contribution in [1.82, 2.24) is 10.2 Å². The first-order chi connectivity index (χ1) is 14.6. The van der Waals surface area contributed by atoms with E-state index in [-0.39, 0.29) is 6.61 Å². The van der Waals surface area contributed by atoms with Gasteiger partial charge in [0.25, 0.3) is 0 Å². The first-order valence-electron chi connectivity index (χ1n) is 10.1. The number of nitrogens with zero attached hydrogens (tertiary/aromatic N) is 1. The number of halogens is 3. The van der Waals surface area contributed by atoms with Gasteiger partial charge in [-0.3, -0.25) is 4.90 Å². The van der Waals surface area contributed by atoms with Gasteiger partial charge in [-0.05, 0) is 36.8 Å². The van der Waals surface area contributed by atoms with Crippen molar-refractivity contribution < 1.29 is 14.2 Å². The molecule has 0 spiro atoms. The van der Waals surface area contributed by atoms with E-state index in [2.05, 4.69) is 10.2 Å². The van der Waals surface area contributed by atoms with E-state index in [0.29, 0.717) is 45.3 Å². The molecule has 8 heteroatoms. The zero-order valence-electron chi connectivity index (χ0n) is 17.1. The molecule has 1 N–H and O–H groups in total. The second kappa shape index (κ2) is 12.0. The van der Waals surface area contributed by atoms with Gasteiger partial charge in [0.2, 0.25) is 0 Å². The summed E-state index contributed by atoms with van der Waals surface area (Å²) in [5, 5.41) is 5.07. The summed E-state index contributed by atoms with van der Waals surface area (Å²) < 4.78 is 17.1. The maximum Gasteiger partial charge on any atom is 0.180 e. The standard InChI is InChI=1S/C22H27Cl3N2O3/c1-2-29-21-13-16(14-26-6-7-27-8-10-28-11-9-27)12-20(25)22(21)30-15-17-18(23)4-3-5-19(17)24/h3-5,12-13,26H,2,6-11,14-15H2,1H3. The fraction of sp³-hybridized carbons (Fsp3) is 0.455. The van der Waals surface area contributed by atoms with Gasteiger partial charge >= 0.3 is 0 Å². The first-order valence-corrected chi connectivity index (χ1v) is 11.2. The molecule has 1 aliphatic heterocycles. The largest absolute Gasteiger partial charge is 0.490 e. The Bertz CT molecular complexity index is 809. The molecule has 1 aliphatic rings. The van der Waals surface area contributed by atoms with Crippen LogP contribution in [-0.4, -0.2) is 50.9 Å². The molecular formula is C22H27Cl3N2O3. The third-order valence-electron chi connectivity index (χ3n) is 4.83. The van der Waals surface area contributed by atoms with E-state index in [1.165, 1.54) is 0 Å². The smallest absolute Gasteiger partial charge is 0.180 e. The predicted octanol–water partition coefficient (Wildman–Crippen LogP) is 5.05. The average Bonchev–Trinajstić information content (AvgIpc) is 2.73. The molecule has 0 saturated carbocycles. The molecule has 5 nitrogen and oxygen atoms in total. The van der Waals surface area contributed by atoms with Gasteiger partial charge in [0.15, 0.2) is 11.5 Å². The van der Waals surface area contributed by atoms with Gasteiger partial charge in [-0.15, -0.1) is 0 Å². The second-order valence-electron chi connectivity index (χ2n) is 6.96. The molecule has 3 rings (SSSR count). The summed E-state index contributed by atoms with van der Waals surface area (Å²) in [7, 11) is 0. The van der Waals surface area contributed by atoms with Crippen LogP contribution in [0.4, 0.5) is 0 Å². The van der Waals surface area contributed by atoms with Crippen molar-refractivity contribution in [3.05, 3.63) is 56.5 Å². The van der Waals surface area contributed by atoms with E-state index in [4.69, 9.17) is 49.0 Å². The van der Waals surface area contributed by atoms with Crippen LogP contribution in [-0.2, 0) is 17.9 Å². The van der Waals surface area contributed by atoms with Gasteiger partial charge in [0.05, 0.1) is 24.8 Å². The highest BCUT2D eigenvalue weighted by atomic mass is 35.5. The lowest BCUT2D eigenvalue weighted by Crippen LogP contribution is -2.40. The minimum Gasteiger partial charge on any atom is -0.490 e. The molecule has 0 atom stereocenters. The summed E-state index contributed by atoms with van der Waals surface area (Å²) in [5.74, 6) is 1.10. The summed E-state index contributed by atoms with van der Waals surface area (Å²) in [5.41, 5.74) is 1.75. The molecule has 1 heterocycles. The average molecular weight is 474 g/mol. The Kier molecular flexibility index (Phi) is 9.37. The summed E-state index contributed by atoms with van der Waals surface area (Å²) in [6, 6.07) is 9.22. The number of hydrogen-bond donors (Lipinski definition) is 1. The summed E-state index contributed by atoms with van der Waals surface area (Å²) in [4.78, 5) is 2.39. The van der Waals surface area contributed by atoms with Gasteiger partial charge in [0.1, 0.15) is 6.61 Å². The Morgan fingerprint density at radius 2 is 1.77 bits per heavy atom. The van der Waals surface area contributed by atoms with Crippen molar-refractivity contribution in [1.29, 1.82) is 0 Å². The lowest BCUT2D eigenvalue weighted by Gasteiger charge is -2.26. The van der Waals surface area contributed by atoms with Crippen LogP contribution in [0.3, 0.4) is 0 Å².